The number of ether oxygens (including phenoxy) is 1. The molecule has 0 aliphatic carbocycles. The highest BCUT2D eigenvalue weighted by molar-refractivity contribution is 8.00. The Morgan fingerprint density at radius 1 is 1.22 bits per heavy atom. The summed E-state index contributed by atoms with van der Waals surface area (Å²) in [5.74, 6) is 0.841. The maximum atomic E-state index is 12.7. The molecule has 0 saturated carbocycles. The summed E-state index contributed by atoms with van der Waals surface area (Å²) in [5, 5.41) is 14.2. The van der Waals surface area contributed by atoms with E-state index in [1.165, 1.54) is 11.8 Å². The monoisotopic (exact) mass is 504 g/mol. The second-order valence-corrected chi connectivity index (χ2v) is 9.40. The first-order valence-electron chi connectivity index (χ1n) is 11.5. The SMILES string of the molecule is COc1ccc2ncc(C#N)c(CCN3CCN(NC(=O)c4ccc5c(n4)NC(=O)CS5)CC3)c2n1. The quantitative estimate of drug-likeness (QED) is 0.508. The molecule has 12 heteroatoms. The van der Waals surface area contributed by atoms with Crippen LogP contribution in [0, 0.1) is 11.3 Å². The summed E-state index contributed by atoms with van der Waals surface area (Å²) < 4.78 is 5.26. The smallest absolute Gasteiger partial charge is 0.284 e. The normalized spacial score (nSPS) is 16.2. The van der Waals surface area contributed by atoms with Crippen LogP contribution >= 0.6 is 11.8 Å². The van der Waals surface area contributed by atoms with Crippen LogP contribution < -0.4 is 15.5 Å². The topological polar surface area (TPSA) is 136 Å². The van der Waals surface area contributed by atoms with Crippen molar-refractivity contribution in [3.8, 4) is 11.9 Å². The minimum absolute atomic E-state index is 0.120. The summed E-state index contributed by atoms with van der Waals surface area (Å²) in [5.41, 5.74) is 5.96. The zero-order valence-corrected chi connectivity index (χ0v) is 20.5. The van der Waals surface area contributed by atoms with Crippen LogP contribution in [0.25, 0.3) is 11.0 Å². The number of carbonyl (C=O) groups is 2. The summed E-state index contributed by atoms with van der Waals surface area (Å²) in [6, 6.07) is 9.31. The summed E-state index contributed by atoms with van der Waals surface area (Å²) in [6.45, 7) is 3.56. The number of methoxy groups -OCH3 is 1. The molecule has 0 spiro atoms. The number of hydrogen-bond donors (Lipinski definition) is 2. The Balaban J connectivity index is 1.18. The number of piperazine rings is 1. The first-order chi connectivity index (χ1) is 17.5. The highest BCUT2D eigenvalue weighted by Crippen LogP contribution is 2.29. The third-order valence-corrected chi connectivity index (χ3v) is 7.19. The van der Waals surface area contributed by atoms with E-state index in [-0.39, 0.29) is 17.5 Å². The van der Waals surface area contributed by atoms with Crippen LogP contribution in [0.15, 0.2) is 35.4 Å². The van der Waals surface area contributed by atoms with Gasteiger partial charge in [0.15, 0.2) is 0 Å². The average molecular weight is 505 g/mol. The predicted octanol–water partition coefficient (Wildman–Crippen LogP) is 1.45. The van der Waals surface area contributed by atoms with Crippen LogP contribution in [-0.2, 0) is 11.2 Å². The van der Waals surface area contributed by atoms with Crippen LogP contribution in [0.2, 0.25) is 0 Å². The molecule has 36 heavy (non-hydrogen) atoms. The number of thioether (sulfide) groups is 1. The van der Waals surface area contributed by atoms with Crippen LogP contribution in [0.3, 0.4) is 0 Å². The van der Waals surface area contributed by atoms with E-state index in [0.29, 0.717) is 48.0 Å². The van der Waals surface area contributed by atoms with Gasteiger partial charge in [0.2, 0.25) is 11.8 Å². The largest absolute Gasteiger partial charge is 0.481 e. The maximum absolute atomic E-state index is 12.7. The third kappa shape index (κ3) is 5.08. The number of carbonyl (C=O) groups excluding carboxylic acids is 2. The lowest BCUT2D eigenvalue weighted by molar-refractivity contribution is -0.113. The van der Waals surface area contributed by atoms with Crippen LogP contribution in [0.1, 0.15) is 21.6 Å². The summed E-state index contributed by atoms with van der Waals surface area (Å²) in [7, 11) is 1.56. The van der Waals surface area contributed by atoms with Gasteiger partial charge in [-0.25, -0.2) is 15.0 Å². The van der Waals surface area contributed by atoms with Gasteiger partial charge in [0, 0.05) is 50.6 Å². The van der Waals surface area contributed by atoms with Crippen molar-refractivity contribution >= 4 is 40.4 Å². The molecule has 0 unspecified atom stereocenters. The maximum Gasteiger partial charge on any atom is 0.284 e. The van der Waals surface area contributed by atoms with Crippen molar-refractivity contribution < 1.29 is 14.3 Å². The standard InChI is InChI=1S/C24H24N8O3S/c1-35-21-5-3-17-22(29-21)16(15(12-25)13-26-17)6-7-31-8-10-32(11-9-31)30-24(34)18-2-4-19-23(27-18)28-20(33)14-36-19/h2-5,13H,6-11,14H2,1H3,(H,30,34)(H,27,28,33). The molecule has 2 aliphatic rings. The molecule has 2 amide bonds. The minimum atomic E-state index is -0.307. The Labute approximate surface area is 211 Å². The molecule has 1 fully saturated rings. The molecular weight excluding hydrogens is 480 g/mol. The van der Waals surface area contributed by atoms with Gasteiger partial charge in [-0.2, -0.15) is 5.26 Å². The lowest BCUT2D eigenvalue weighted by atomic mass is 10.0. The van der Waals surface area contributed by atoms with E-state index in [1.807, 2.05) is 17.1 Å². The van der Waals surface area contributed by atoms with Gasteiger partial charge in [-0.3, -0.25) is 20.0 Å². The highest BCUT2D eigenvalue weighted by atomic mass is 32.2. The van der Waals surface area contributed by atoms with E-state index in [2.05, 4.69) is 36.7 Å². The molecule has 11 nitrogen and oxygen atoms in total. The number of fused-ring (bicyclic) bond motifs is 2. The first kappa shape index (κ1) is 23.9. The first-order valence-corrected chi connectivity index (χ1v) is 12.5. The molecule has 3 aromatic rings. The van der Waals surface area contributed by atoms with Gasteiger partial charge in [0.25, 0.3) is 5.91 Å². The Kier molecular flexibility index (Phi) is 6.95. The van der Waals surface area contributed by atoms with Crippen molar-refractivity contribution in [3.63, 3.8) is 0 Å². The van der Waals surface area contributed by atoms with Crippen molar-refractivity contribution in [2.75, 3.05) is 50.9 Å². The van der Waals surface area contributed by atoms with Crippen LogP contribution in [-0.4, -0.2) is 82.3 Å². The average Bonchev–Trinajstić information content (AvgIpc) is 2.91. The highest BCUT2D eigenvalue weighted by Gasteiger charge is 2.22. The van der Waals surface area contributed by atoms with Gasteiger partial charge in [0.1, 0.15) is 17.6 Å². The van der Waals surface area contributed by atoms with E-state index in [1.54, 1.807) is 25.4 Å². The third-order valence-electron chi connectivity index (χ3n) is 6.14. The lowest BCUT2D eigenvalue weighted by Gasteiger charge is -2.34. The Hall–Kier alpha value is -3.79. The molecule has 0 aromatic carbocycles. The van der Waals surface area contributed by atoms with Crippen molar-refractivity contribution in [3.05, 3.63) is 47.3 Å². The van der Waals surface area contributed by atoms with Gasteiger partial charge >= 0.3 is 0 Å². The number of nitriles is 1. The number of pyridine rings is 3. The molecule has 2 aliphatic heterocycles. The van der Waals surface area contributed by atoms with Crippen molar-refractivity contribution in [1.82, 2.24) is 30.3 Å². The van der Waals surface area contributed by atoms with Gasteiger partial charge < -0.3 is 15.0 Å². The number of hydrazine groups is 1. The van der Waals surface area contributed by atoms with E-state index in [0.717, 1.165) is 35.6 Å². The van der Waals surface area contributed by atoms with E-state index >= 15 is 0 Å². The fourth-order valence-corrected chi connectivity index (χ4v) is 4.96. The zero-order valence-electron chi connectivity index (χ0n) is 19.7. The molecule has 5 rings (SSSR count). The van der Waals surface area contributed by atoms with Crippen LogP contribution in [0.5, 0.6) is 5.88 Å². The molecule has 1 saturated heterocycles. The molecule has 3 aromatic heterocycles. The lowest BCUT2D eigenvalue weighted by Crippen LogP contribution is -2.53. The van der Waals surface area contributed by atoms with Crippen molar-refractivity contribution in [2.24, 2.45) is 0 Å². The number of anilines is 1. The zero-order chi connectivity index (χ0) is 25.1. The molecule has 2 N–H and O–H groups in total. The second-order valence-electron chi connectivity index (χ2n) is 8.38. The number of aromatic nitrogens is 3. The minimum Gasteiger partial charge on any atom is -0.481 e. The summed E-state index contributed by atoms with van der Waals surface area (Å²) >= 11 is 1.41. The molecule has 0 radical (unpaired) electrons. The van der Waals surface area contributed by atoms with Gasteiger partial charge in [-0.05, 0) is 24.6 Å². The Bertz CT molecular complexity index is 1370. The number of nitrogens with one attached hydrogen (secondary N) is 2. The number of rotatable bonds is 6. The second kappa shape index (κ2) is 10.4. The van der Waals surface area contributed by atoms with E-state index in [4.69, 9.17) is 4.74 Å². The summed E-state index contributed by atoms with van der Waals surface area (Å²) in [4.78, 5) is 40.7. The van der Waals surface area contributed by atoms with E-state index < -0.39 is 0 Å². The Morgan fingerprint density at radius 3 is 2.83 bits per heavy atom. The van der Waals surface area contributed by atoms with Gasteiger partial charge in [-0.1, -0.05) is 0 Å². The number of nitrogens with zero attached hydrogens (tertiary/aromatic N) is 6. The van der Waals surface area contributed by atoms with E-state index in [9.17, 15) is 14.9 Å². The molecule has 0 atom stereocenters. The van der Waals surface area contributed by atoms with Gasteiger partial charge in [-0.15, -0.1) is 11.8 Å². The fourth-order valence-electron chi connectivity index (χ4n) is 4.21. The Morgan fingerprint density at radius 2 is 2.06 bits per heavy atom. The molecule has 184 valence electrons. The van der Waals surface area contributed by atoms with Crippen LogP contribution in [0.4, 0.5) is 5.82 Å². The van der Waals surface area contributed by atoms with Crippen molar-refractivity contribution in [1.29, 1.82) is 5.26 Å². The molecule has 0 bridgehead atoms. The van der Waals surface area contributed by atoms with Gasteiger partial charge in [0.05, 0.1) is 34.4 Å². The molecule has 5 heterocycles. The van der Waals surface area contributed by atoms with Crippen molar-refractivity contribution in [2.45, 2.75) is 11.3 Å². The number of amides is 2. The fraction of sp³-hybridized carbons (Fsp3) is 0.333. The number of hydrogen-bond acceptors (Lipinski definition) is 10. The predicted molar refractivity (Wildman–Crippen MR) is 134 cm³/mol. The molecular formula is C24H24N8O3S. The summed E-state index contributed by atoms with van der Waals surface area (Å²) in [6.07, 6.45) is 2.25.